The van der Waals surface area contributed by atoms with Crippen LogP contribution in [0.15, 0.2) is 23.3 Å². The van der Waals surface area contributed by atoms with E-state index in [4.69, 9.17) is 0 Å². The maximum Gasteiger partial charge on any atom is -0.0127 e. The van der Waals surface area contributed by atoms with Crippen molar-refractivity contribution in [1.29, 1.82) is 0 Å². The fourth-order valence-corrected chi connectivity index (χ4v) is 1.67. The van der Waals surface area contributed by atoms with Crippen molar-refractivity contribution in [3.05, 3.63) is 23.3 Å². The van der Waals surface area contributed by atoms with E-state index in [0.29, 0.717) is 5.92 Å². The molecule has 0 heteroatoms. The van der Waals surface area contributed by atoms with Crippen molar-refractivity contribution in [3.8, 4) is 0 Å². The van der Waals surface area contributed by atoms with E-state index < -0.39 is 0 Å². The van der Waals surface area contributed by atoms with Crippen LogP contribution in [0.5, 0.6) is 0 Å². The third-order valence-corrected chi connectivity index (χ3v) is 2.32. The number of hydrogen-bond donors (Lipinski definition) is 0. The van der Waals surface area contributed by atoms with E-state index in [1.54, 1.807) is 11.1 Å². The first kappa shape index (κ1) is 16.9. The Bertz CT molecular complexity index is 192. The van der Waals surface area contributed by atoms with Crippen LogP contribution in [0.1, 0.15) is 61.8 Å². The second kappa shape index (κ2) is 10.0. The predicted octanol–water partition coefficient (Wildman–Crippen LogP) is 5.61. The molecular weight excluding hydrogens is 180 g/mol. The minimum Gasteiger partial charge on any atom is -0.0802 e. The van der Waals surface area contributed by atoms with Gasteiger partial charge in [-0.2, -0.15) is 0 Å². The van der Waals surface area contributed by atoms with Crippen LogP contribution in [-0.2, 0) is 0 Å². The normalized spacial score (nSPS) is 13.7. The Morgan fingerprint density at radius 2 is 1.33 bits per heavy atom. The van der Waals surface area contributed by atoms with Crippen LogP contribution >= 0.6 is 0 Å². The molecule has 0 bridgehead atoms. The van der Waals surface area contributed by atoms with Gasteiger partial charge in [-0.05, 0) is 23.8 Å². The summed E-state index contributed by atoms with van der Waals surface area (Å²) in [6.07, 6.45) is 5.76. The zero-order valence-corrected chi connectivity index (χ0v) is 12.0. The topological polar surface area (TPSA) is 0 Å². The van der Waals surface area contributed by atoms with Crippen LogP contribution in [0.2, 0.25) is 0 Å². The van der Waals surface area contributed by atoms with E-state index >= 15 is 0 Å². The molecule has 0 unspecified atom stereocenters. The first-order chi connectivity index (χ1) is 7.13. The van der Waals surface area contributed by atoms with Crippen LogP contribution in [0.4, 0.5) is 0 Å². The lowest BCUT2D eigenvalue weighted by atomic mass is 9.93. The molecule has 0 aromatic carbocycles. The average molecular weight is 210 g/mol. The van der Waals surface area contributed by atoms with Crippen molar-refractivity contribution in [1.82, 2.24) is 0 Å². The molecule has 0 aliphatic heterocycles. The van der Waals surface area contributed by atoms with Crippen molar-refractivity contribution in [2.45, 2.75) is 61.8 Å². The van der Waals surface area contributed by atoms with Gasteiger partial charge < -0.3 is 0 Å². The van der Waals surface area contributed by atoms with Crippen LogP contribution < -0.4 is 0 Å². The van der Waals surface area contributed by atoms with Gasteiger partial charge in [-0.25, -0.2) is 0 Å². The summed E-state index contributed by atoms with van der Waals surface area (Å²) in [5.41, 5.74) is 3.21. The molecule has 0 amide bonds. The van der Waals surface area contributed by atoms with E-state index in [0.717, 1.165) is 5.92 Å². The molecule has 0 aromatic rings. The van der Waals surface area contributed by atoms with Gasteiger partial charge in [0.15, 0.2) is 0 Å². The first-order valence-corrected chi connectivity index (χ1v) is 6.52. The Kier molecular flexibility index (Phi) is 11.3. The fraction of sp³-hybridized carbons (Fsp3) is 0.733. The molecule has 0 saturated carbocycles. The molecule has 90 valence electrons. The molecule has 0 heterocycles. The Balaban J connectivity index is 0. The summed E-state index contributed by atoms with van der Waals surface area (Å²) in [5.74, 6) is 1.42. The second-order valence-electron chi connectivity index (χ2n) is 3.90. The highest BCUT2D eigenvalue weighted by molar-refractivity contribution is 5.35. The number of rotatable bonds is 2. The summed E-state index contributed by atoms with van der Waals surface area (Å²) in [6.45, 7) is 17.1. The van der Waals surface area contributed by atoms with Gasteiger partial charge in [-0.1, -0.05) is 73.1 Å². The van der Waals surface area contributed by atoms with Crippen LogP contribution in [0, 0.1) is 11.8 Å². The van der Waals surface area contributed by atoms with Gasteiger partial charge in [0.1, 0.15) is 0 Å². The summed E-state index contributed by atoms with van der Waals surface area (Å²) in [5, 5.41) is 0. The van der Waals surface area contributed by atoms with E-state index in [1.807, 2.05) is 27.7 Å². The van der Waals surface area contributed by atoms with E-state index in [9.17, 15) is 0 Å². The summed E-state index contributed by atoms with van der Waals surface area (Å²) >= 11 is 0. The van der Waals surface area contributed by atoms with Crippen molar-refractivity contribution in [3.63, 3.8) is 0 Å². The highest BCUT2D eigenvalue weighted by atomic mass is 14.2. The summed E-state index contributed by atoms with van der Waals surface area (Å²) in [4.78, 5) is 0. The molecule has 15 heavy (non-hydrogen) atoms. The molecule has 0 spiro atoms. The van der Waals surface area contributed by atoms with Crippen LogP contribution in [0.3, 0.4) is 0 Å². The molecule has 0 fully saturated rings. The highest BCUT2D eigenvalue weighted by Crippen LogP contribution is 2.30. The third kappa shape index (κ3) is 5.81. The first-order valence-electron chi connectivity index (χ1n) is 6.52. The fourth-order valence-electron chi connectivity index (χ4n) is 1.67. The third-order valence-electron chi connectivity index (χ3n) is 2.32. The Hall–Kier alpha value is -0.520. The van der Waals surface area contributed by atoms with E-state index in [1.165, 1.54) is 6.42 Å². The quantitative estimate of drug-likeness (QED) is 0.556. The van der Waals surface area contributed by atoms with Gasteiger partial charge in [-0.15, -0.1) is 0 Å². The largest absolute Gasteiger partial charge is 0.0802 e. The number of hydrogen-bond acceptors (Lipinski definition) is 0. The summed E-state index contributed by atoms with van der Waals surface area (Å²) in [7, 11) is 0. The monoisotopic (exact) mass is 210 g/mol. The standard InChI is InChI=1S/C11H18.2C2H6/c1-8(2)10-6-5-7-11(10)9(3)4;2*1-2/h5-6,8-9H,7H2,1-4H3;2*1-2H3. The lowest BCUT2D eigenvalue weighted by Crippen LogP contribution is -1.98. The second-order valence-corrected chi connectivity index (χ2v) is 3.90. The highest BCUT2D eigenvalue weighted by Gasteiger charge is 2.14. The molecule has 0 radical (unpaired) electrons. The van der Waals surface area contributed by atoms with Crippen molar-refractivity contribution < 1.29 is 0 Å². The zero-order chi connectivity index (χ0) is 12.4. The molecular formula is C15H30. The lowest BCUT2D eigenvalue weighted by molar-refractivity contribution is 0.702. The number of allylic oxidation sites excluding steroid dienone is 4. The van der Waals surface area contributed by atoms with Gasteiger partial charge in [-0.3, -0.25) is 0 Å². The maximum absolute atomic E-state index is 2.29. The molecule has 1 aliphatic carbocycles. The van der Waals surface area contributed by atoms with Crippen molar-refractivity contribution >= 4 is 0 Å². The minimum absolute atomic E-state index is 0.700. The average Bonchev–Trinajstić information content (AvgIpc) is 2.72. The van der Waals surface area contributed by atoms with E-state index in [2.05, 4.69) is 39.8 Å². The summed E-state index contributed by atoms with van der Waals surface area (Å²) < 4.78 is 0. The van der Waals surface area contributed by atoms with Gasteiger partial charge in [0.2, 0.25) is 0 Å². The van der Waals surface area contributed by atoms with Crippen LogP contribution in [0.25, 0.3) is 0 Å². The molecule has 0 atom stereocenters. The Morgan fingerprint density at radius 1 is 0.867 bits per heavy atom. The molecule has 1 aliphatic rings. The van der Waals surface area contributed by atoms with Gasteiger partial charge >= 0.3 is 0 Å². The maximum atomic E-state index is 2.29. The molecule has 0 nitrogen and oxygen atoms in total. The predicted molar refractivity (Wildman–Crippen MR) is 73.2 cm³/mol. The molecule has 0 N–H and O–H groups in total. The zero-order valence-electron chi connectivity index (χ0n) is 12.0. The van der Waals surface area contributed by atoms with Gasteiger partial charge in [0.05, 0.1) is 0 Å². The minimum atomic E-state index is 0.700. The van der Waals surface area contributed by atoms with Gasteiger partial charge in [0.25, 0.3) is 0 Å². The lowest BCUT2D eigenvalue weighted by Gasteiger charge is -2.13. The summed E-state index contributed by atoms with van der Waals surface area (Å²) in [6, 6.07) is 0. The Labute approximate surface area is 97.5 Å². The van der Waals surface area contributed by atoms with Gasteiger partial charge in [0, 0.05) is 0 Å². The van der Waals surface area contributed by atoms with Crippen molar-refractivity contribution in [2.75, 3.05) is 0 Å². The van der Waals surface area contributed by atoms with E-state index in [-0.39, 0.29) is 0 Å². The van der Waals surface area contributed by atoms with Crippen LogP contribution in [-0.4, -0.2) is 0 Å². The molecule has 1 rings (SSSR count). The Morgan fingerprint density at radius 3 is 1.60 bits per heavy atom. The smallest absolute Gasteiger partial charge is 0.0127 e. The molecule has 0 aromatic heterocycles. The van der Waals surface area contributed by atoms with Crippen molar-refractivity contribution in [2.24, 2.45) is 11.8 Å². The molecule has 0 saturated heterocycles. The SMILES string of the molecule is CC.CC.CC(C)C1=C(C(C)C)CC=C1.